The number of carboxylic acid groups (broad SMARTS) is 1. The van der Waals surface area contributed by atoms with Crippen LogP contribution in [0.5, 0.6) is 0 Å². The van der Waals surface area contributed by atoms with Crippen LogP contribution in [0.2, 0.25) is 0 Å². The molecule has 0 bridgehead atoms. The first kappa shape index (κ1) is 15.6. The minimum Gasteiger partial charge on any atom is -0.478 e. The highest BCUT2D eigenvalue weighted by molar-refractivity contribution is 9.10. The van der Waals surface area contributed by atoms with Gasteiger partial charge in [-0.05, 0) is 34.1 Å². The number of carbonyl (C=O) groups excluding carboxylic acids is 1. The average molecular weight is 332 g/mol. The average Bonchev–Trinajstić information content (AvgIpc) is 2.39. The van der Waals surface area contributed by atoms with Gasteiger partial charge in [0.15, 0.2) is 0 Å². The fraction of sp³-hybridized carbons (Fsp3) is 0.333. The highest BCUT2D eigenvalue weighted by atomic mass is 79.9. The first-order chi connectivity index (χ1) is 8.99. The largest absolute Gasteiger partial charge is 0.478 e. The van der Waals surface area contributed by atoms with E-state index in [4.69, 9.17) is 14.9 Å². The lowest BCUT2D eigenvalue weighted by Crippen LogP contribution is -2.35. The van der Waals surface area contributed by atoms with Crippen molar-refractivity contribution in [2.75, 3.05) is 20.3 Å². The minimum absolute atomic E-state index is 0.0849. The van der Waals surface area contributed by atoms with Crippen LogP contribution in [-0.2, 0) is 4.74 Å². The van der Waals surface area contributed by atoms with Crippen LogP contribution in [0.4, 0.5) is 0 Å². The Labute approximate surface area is 118 Å². The number of benzene rings is 1. The summed E-state index contributed by atoms with van der Waals surface area (Å²) in [4.78, 5) is 22.6. The van der Waals surface area contributed by atoms with E-state index in [1.165, 1.54) is 25.3 Å². The molecule has 1 atom stereocenters. The maximum Gasteiger partial charge on any atom is 0.336 e. The normalized spacial score (nSPS) is 11.9. The van der Waals surface area contributed by atoms with Crippen molar-refractivity contribution >= 4 is 27.8 Å². The molecule has 0 aromatic heterocycles. The zero-order valence-corrected chi connectivity index (χ0v) is 11.8. The summed E-state index contributed by atoms with van der Waals surface area (Å²) in [5.74, 6) is -1.44. The third-order valence-corrected chi connectivity index (χ3v) is 3.15. The lowest BCUT2D eigenvalue weighted by atomic mass is 10.1. The van der Waals surface area contributed by atoms with Gasteiger partial charge in [0, 0.05) is 23.7 Å². The Kier molecular flexibility index (Phi) is 5.94. The minimum atomic E-state index is -1.07. The predicted molar refractivity (Wildman–Crippen MR) is 71.3 cm³/mol. The number of rotatable bonds is 6. The van der Waals surface area contributed by atoms with Crippen molar-refractivity contribution in [3.05, 3.63) is 33.8 Å². The van der Waals surface area contributed by atoms with Crippen molar-refractivity contribution < 1.29 is 24.5 Å². The number of aromatic carboxylic acids is 1. The van der Waals surface area contributed by atoms with E-state index in [-0.39, 0.29) is 24.6 Å². The van der Waals surface area contributed by atoms with Gasteiger partial charge in [-0.2, -0.15) is 0 Å². The topological polar surface area (TPSA) is 95.9 Å². The number of hydrogen-bond donors (Lipinski definition) is 3. The molecule has 19 heavy (non-hydrogen) atoms. The van der Waals surface area contributed by atoms with Crippen LogP contribution in [0.3, 0.4) is 0 Å². The molecule has 7 heteroatoms. The summed E-state index contributed by atoms with van der Waals surface area (Å²) in [6.07, 6.45) is -0.467. The second-order valence-corrected chi connectivity index (χ2v) is 4.60. The van der Waals surface area contributed by atoms with Gasteiger partial charge in [-0.1, -0.05) is 0 Å². The number of methoxy groups -OCH3 is 1. The molecule has 0 heterocycles. The Balaban J connectivity index is 2.73. The van der Waals surface area contributed by atoms with Gasteiger partial charge in [0.1, 0.15) is 0 Å². The number of ether oxygens (including phenoxy) is 1. The third-order valence-electron chi connectivity index (χ3n) is 2.49. The summed E-state index contributed by atoms with van der Waals surface area (Å²) < 4.78 is 5.24. The highest BCUT2D eigenvalue weighted by Gasteiger charge is 2.13. The van der Waals surface area contributed by atoms with E-state index in [0.717, 1.165) is 0 Å². The molecule has 0 radical (unpaired) electrons. The SMILES string of the molecule is CO[C@@H](CO)CNC(=O)c1ccc(C(=O)O)c(Br)c1. The van der Waals surface area contributed by atoms with Crippen molar-refractivity contribution in [3.8, 4) is 0 Å². The quantitative estimate of drug-likeness (QED) is 0.719. The molecule has 1 aromatic carbocycles. The molecule has 0 saturated carbocycles. The molecule has 1 aromatic rings. The monoisotopic (exact) mass is 331 g/mol. The van der Waals surface area contributed by atoms with Gasteiger partial charge < -0.3 is 20.3 Å². The smallest absolute Gasteiger partial charge is 0.336 e. The van der Waals surface area contributed by atoms with Gasteiger partial charge in [-0.25, -0.2) is 4.79 Å². The van der Waals surface area contributed by atoms with Gasteiger partial charge in [0.2, 0.25) is 0 Å². The molecule has 1 rings (SSSR count). The Bertz CT molecular complexity index is 473. The molecule has 0 aliphatic rings. The second kappa shape index (κ2) is 7.22. The number of aliphatic hydroxyl groups excluding tert-OH is 1. The fourth-order valence-electron chi connectivity index (χ4n) is 1.36. The highest BCUT2D eigenvalue weighted by Crippen LogP contribution is 2.18. The number of aliphatic hydroxyl groups is 1. The molecule has 104 valence electrons. The molecule has 0 unspecified atom stereocenters. The molecule has 0 saturated heterocycles. The molecule has 0 spiro atoms. The van der Waals surface area contributed by atoms with E-state index < -0.39 is 12.1 Å². The van der Waals surface area contributed by atoms with E-state index in [0.29, 0.717) is 10.0 Å². The van der Waals surface area contributed by atoms with Crippen molar-refractivity contribution in [3.63, 3.8) is 0 Å². The van der Waals surface area contributed by atoms with E-state index in [1.807, 2.05) is 0 Å². The molecule has 0 aliphatic heterocycles. The lowest BCUT2D eigenvalue weighted by molar-refractivity contribution is 0.0474. The predicted octanol–water partition coefficient (Wildman–Crippen LogP) is 0.884. The van der Waals surface area contributed by atoms with E-state index in [1.54, 1.807) is 0 Å². The third kappa shape index (κ3) is 4.30. The molecular weight excluding hydrogens is 318 g/mol. The summed E-state index contributed by atoms with van der Waals surface area (Å²) in [7, 11) is 1.44. The van der Waals surface area contributed by atoms with E-state index in [9.17, 15) is 9.59 Å². The summed E-state index contributed by atoms with van der Waals surface area (Å²) in [6.45, 7) is -0.0252. The second-order valence-electron chi connectivity index (χ2n) is 3.75. The molecular formula is C12H14BrNO5. The van der Waals surface area contributed by atoms with Gasteiger partial charge in [0.05, 0.1) is 18.3 Å². The van der Waals surface area contributed by atoms with Gasteiger partial charge in [-0.3, -0.25) is 4.79 Å². The van der Waals surface area contributed by atoms with Crippen molar-refractivity contribution in [2.45, 2.75) is 6.10 Å². The van der Waals surface area contributed by atoms with Crippen LogP contribution < -0.4 is 5.32 Å². The Hall–Kier alpha value is -1.44. The lowest BCUT2D eigenvalue weighted by Gasteiger charge is -2.13. The fourth-order valence-corrected chi connectivity index (χ4v) is 1.91. The van der Waals surface area contributed by atoms with Crippen molar-refractivity contribution in [1.29, 1.82) is 0 Å². The van der Waals surface area contributed by atoms with Gasteiger partial charge in [-0.15, -0.1) is 0 Å². The first-order valence-corrected chi connectivity index (χ1v) is 6.23. The Morgan fingerprint density at radius 3 is 2.63 bits per heavy atom. The summed E-state index contributed by atoms with van der Waals surface area (Å²) in [5, 5.41) is 20.3. The Morgan fingerprint density at radius 2 is 2.16 bits per heavy atom. The zero-order valence-electron chi connectivity index (χ0n) is 10.2. The molecule has 3 N–H and O–H groups in total. The van der Waals surface area contributed by atoms with Gasteiger partial charge in [0.25, 0.3) is 5.91 Å². The van der Waals surface area contributed by atoms with E-state index in [2.05, 4.69) is 21.2 Å². The van der Waals surface area contributed by atoms with Crippen LogP contribution in [0, 0.1) is 0 Å². The van der Waals surface area contributed by atoms with Gasteiger partial charge >= 0.3 is 5.97 Å². The first-order valence-electron chi connectivity index (χ1n) is 5.44. The zero-order chi connectivity index (χ0) is 14.4. The number of nitrogens with one attached hydrogen (secondary N) is 1. The molecule has 0 fully saturated rings. The Morgan fingerprint density at radius 1 is 1.47 bits per heavy atom. The standard InChI is InChI=1S/C12H14BrNO5/c1-19-8(6-15)5-14-11(16)7-2-3-9(12(17)18)10(13)4-7/h2-4,8,15H,5-6H2,1H3,(H,14,16)(H,17,18)/t8-/m1/s1. The summed E-state index contributed by atoms with van der Waals surface area (Å²) in [5.41, 5.74) is 0.409. The number of carboxylic acids is 1. The van der Waals surface area contributed by atoms with Crippen molar-refractivity contribution in [1.82, 2.24) is 5.32 Å². The molecule has 6 nitrogen and oxygen atoms in total. The molecule has 1 amide bonds. The van der Waals surface area contributed by atoms with Crippen LogP contribution in [0.25, 0.3) is 0 Å². The number of amides is 1. The summed E-state index contributed by atoms with van der Waals surface area (Å²) >= 11 is 3.10. The van der Waals surface area contributed by atoms with Crippen LogP contribution in [0.1, 0.15) is 20.7 Å². The van der Waals surface area contributed by atoms with Crippen molar-refractivity contribution in [2.24, 2.45) is 0 Å². The number of hydrogen-bond acceptors (Lipinski definition) is 4. The van der Waals surface area contributed by atoms with Crippen LogP contribution in [0.15, 0.2) is 22.7 Å². The maximum atomic E-state index is 11.8. The maximum absolute atomic E-state index is 11.8. The van der Waals surface area contributed by atoms with Crippen LogP contribution in [-0.4, -0.2) is 48.5 Å². The van der Waals surface area contributed by atoms with E-state index >= 15 is 0 Å². The number of carbonyl (C=O) groups is 2. The summed E-state index contributed by atoms with van der Waals surface area (Å²) in [6, 6.07) is 4.20. The number of halogens is 1. The molecule has 0 aliphatic carbocycles. The van der Waals surface area contributed by atoms with Crippen LogP contribution >= 0.6 is 15.9 Å².